The number of benzene rings is 2. The van der Waals surface area contributed by atoms with Gasteiger partial charge in [0.25, 0.3) is 0 Å². The van der Waals surface area contributed by atoms with Gasteiger partial charge in [0.15, 0.2) is 5.71 Å². The number of fused-ring (bicyclic) bond motifs is 2. The van der Waals surface area contributed by atoms with E-state index in [-0.39, 0.29) is 17.4 Å². The molecule has 0 fully saturated rings. The molecule has 0 unspecified atom stereocenters. The molecule has 5 nitrogen and oxygen atoms in total. The summed E-state index contributed by atoms with van der Waals surface area (Å²) in [4.78, 5) is 2.37. The number of nitrogens with zero attached hydrogens (tertiary/aromatic N) is 2. The van der Waals surface area contributed by atoms with Gasteiger partial charge in [0.2, 0.25) is 5.69 Å². The fourth-order valence-electron chi connectivity index (χ4n) is 5.58. The Morgan fingerprint density at radius 2 is 1.49 bits per heavy atom. The predicted octanol–water partition coefficient (Wildman–Crippen LogP) is 5.51. The Morgan fingerprint density at radius 3 is 2.22 bits per heavy atom. The van der Waals surface area contributed by atoms with Crippen LogP contribution in [0.4, 0.5) is 11.4 Å². The molecular weight excluding hydrogens is 460 g/mol. The summed E-state index contributed by atoms with van der Waals surface area (Å²) in [5.41, 5.74) is 7.65. The maximum absolute atomic E-state index is 8.82. The number of aliphatic hydroxyl groups excluding tert-OH is 1. The Morgan fingerprint density at radius 1 is 0.811 bits per heavy atom. The highest BCUT2D eigenvalue weighted by molar-refractivity contribution is 6.03. The van der Waals surface area contributed by atoms with E-state index in [0.29, 0.717) is 26.4 Å². The number of allylic oxidation sites excluding steroid dienone is 6. The van der Waals surface area contributed by atoms with Gasteiger partial charge in [-0.1, -0.05) is 68.5 Å². The Hall–Kier alpha value is -2.99. The summed E-state index contributed by atoms with van der Waals surface area (Å²) in [6, 6.07) is 17.3. The van der Waals surface area contributed by atoms with Gasteiger partial charge in [-0.3, -0.25) is 0 Å². The summed E-state index contributed by atoms with van der Waals surface area (Å²) in [6.07, 6.45) is 10.9. The van der Waals surface area contributed by atoms with Crippen LogP contribution in [-0.2, 0) is 20.3 Å². The van der Waals surface area contributed by atoms with E-state index in [1.165, 1.54) is 33.9 Å². The summed E-state index contributed by atoms with van der Waals surface area (Å²) in [6.45, 7) is 11.9. The molecule has 5 heteroatoms. The second kappa shape index (κ2) is 11.6. The molecule has 0 radical (unpaired) electrons. The van der Waals surface area contributed by atoms with Gasteiger partial charge in [-0.15, -0.1) is 0 Å². The third-order valence-electron chi connectivity index (χ3n) is 7.54. The van der Waals surface area contributed by atoms with E-state index in [9.17, 15) is 0 Å². The largest absolute Gasteiger partial charge is 0.394 e. The third-order valence-corrected chi connectivity index (χ3v) is 7.54. The highest BCUT2D eigenvalue weighted by atomic mass is 16.5. The minimum atomic E-state index is -0.0983. The molecule has 196 valence electrons. The van der Waals surface area contributed by atoms with Gasteiger partial charge in [0.05, 0.1) is 38.4 Å². The molecule has 0 spiro atoms. The SMILES string of the molecule is C[N+]1=C(C=C/C=C\C=C2\N(CCOCCOCCO)c3ccccc3C2(C)C)C(C)(C)c2ccccc21. The van der Waals surface area contributed by atoms with Crippen molar-refractivity contribution in [3.63, 3.8) is 0 Å². The van der Waals surface area contributed by atoms with Crippen molar-refractivity contribution in [2.24, 2.45) is 0 Å². The van der Waals surface area contributed by atoms with E-state index < -0.39 is 0 Å². The Labute approximate surface area is 222 Å². The summed E-state index contributed by atoms with van der Waals surface area (Å²) < 4.78 is 13.4. The van der Waals surface area contributed by atoms with Crippen LogP contribution < -0.4 is 4.90 Å². The van der Waals surface area contributed by atoms with Crippen LogP contribution in [0.25, 0.3) is 0 Å². The number of para-hydroxylation sites is 2. The lowest BCUT2D eigenvalue weighted by Crippen LogP contribution is -2.29. The van der Waals surface area contributed by atoms with Crippen molar-refractivity contribution in [1.82, 2.24) is 0 Å². The van der Waals surface area contributed by atoms with Gasteiger partial charge in [0, 0.05) is 41.1 Å². The molecular formula is C32H41N2O3+. The zero-order valence-electron chi connectivity index (χ0n) is 22.9. The lowest BCUT2D eigenvalue weighted by Gasteiger charge is -2.27. The van der Waals surface area contributed by atoms with Crippen LogP contribution in [0.5, 0.6) is 0 Å². The monoisotopic (exact) mass is 501 g/mol. The molecule has 0 aliphatic carbocycles. The van der Waals surface area contributed by atoms with Crippen LogP contribution in [-0.4, -0.2) is 62.0 Å². The van der Waals surface area contributed by atoms with Crippen molar-refractivity contribution in [2.45, 2.75) is 38.5 Å². The van der Waals surface area contributed by atoms with Crippen LogP contribution in [0.3, 0.4) is 0 Å². The van der Waals surface area contributed by atoms with Crippen molar-refractivity contribution in [2.75, 3.05) is 51.5 Å². The molecule has 0 amide bonds. The van der Waals surface area contributed by atoms with Gasteiger partial charge >= 0.3 is 0 Å². The van der Waals surface area contributed by atoms with Crippen LogP contribution in [0, 0.1) is 0 Å². The fraction of sp³-hybridized carbons (Fsp3) is 0.406. The molecule has 2 aromatic rings. The standard InChI is InChI=1S/C32H41N2O3/c1-31(2)25-13-9-11-15-27(25)33(5)29(31)17-7-6-8-18-30-32(3,4)26-14-10-12-16-28(26)34(30)19-21-36-23-24-37-22-20-35/h6-18,35H,19-24H2,1-5H3/q+1. The first-order valence-corrected chi connectivity index (χ1v) is 13.2. The quantitative estimate of drug-likeness (QED) is 0.250. The highest BCUT2D eigenvalue weighted by Crippen LogP contribution is 2.47. The summed E-state index contributed by atoms with van der Waals surface area (Å²) in [5, 5.41) is 8.82. The van der Waals surface area contributed by atoms with Crippen LogP contribution in [0.15, 0.2) is 84.6 Å². The van der Waals surface area contributed by atoms with Gasteiger partial charge in [0.1, 0.15) is 7.05 Å². The Bertz CT molecular complexity index is 1220. The first kappa shape index (κ1) is 27.1. The number of hydrogen-bond donors (Lipinski definition) is 1. The fourth-order valence-corrected chi connectivity index (χ4v) is 5.58. The van der Waals surface area contributed by atoms with Crippen molar-refractivity contribution in [3.05, 3.63) is 95.7 Å². The molecule has 0 saturated carbocycles. The van der Waals surface area contributed by atoms with E-state index in [1.807, 2.05) is 0 Å². The highest BCUT2D eigenvalue weighted by Gasteiger charge is 2.42. The van der Waals surface area contributed by atoms with Gasteiger partial charge < -0.3 is 19.5 Å². The molecule has 4 rings (SSSR count). The molecule has 1 N–H and O–H groups in total. The minimum absolute atomic E-state index is 0.0246. The van der Waals surface area contributed by atoms with Crippen molar-refractivity contribution in [1.29, 1.82) is 0 Å². The van der Waals surface area contributed by atoms with Gasteiger partial charge in [-0.05, 0) is 31.6 Å². The maximum Gasteiger partial charge on any atom is 0.209 e. The molecule has 0 atom stereocenters. The first-order chi connectivity index (χ1) is 17.8. The summed E-state index contributed by atoms with van der Waals surface area (Å²) in [5.74, 6) is 0. The molecule has 2 aromatic carbocycles. The number of anilines is 1. The number of hydrogen-bond acceptors (Lipinski definition) is 4. The number of aliphatic hydroxyl groups is 1. The van der Waals surface area contributed by atoms with Crippen molar-refractivity contribution >= 4 is 17.1 Å². The average Bonchev–Trinajstić information content (AvgIpc) is 3.22. The van der Waals surface area contributed by atoms with E-state index in [2.05, 4.69) is 123 Å². The smallest absolute Gasteiger partial charge is 0.209 e. The molecule has 2 heterocycles. The van der Waals surface area contributed by atoms with E-state index in [0.717, 1.165) is 6.54 Å². The molecule has 2 aliphatic heterocycles. The Kier molecular flexibility index (Phi) is 8.48. The average molecular weight is 502 g/mol. The maximum atomic E-state index is 8.82. The summed E-state index contributed by atoms with van der Waals surface area (Å²) in [7, 11) is 2.15. The van der Waals surface area contributed by atoms with Crippen molar-refractivity contribution in [3.8, 4) is 0 Å². The molecule has 0 saturated heterocycles. The lowest BCUT2D eigenvalue weighted by molar-refractivity contribution is -0.401. The van der Waals surface area contributed by atoms with E-state index >= 15 is 0 Å². The lowest BCUT2D eigenvalue weighted by atomic mass is 9.81. The van der Waals surface area contributed by atoms with Crippen molar-refractivity contribution < 1.29 is 19.2 Å². The third kappa shape index (κ3) is 5.49. The van der Waals surface area contributed by atoms with Crippen LogP contribution in [0.1, 0.15) is 38.8 Å². The molecule has 2 aliphatic rings. The molecule has 0 bridgehead atoms. The second-order valence-corrected chi connectivity index (χ2v) is 10.6. The normalized spacial score (nSPS) is 19.0. The first-order valence-electron chi connectivity index (χ1n) is 13.2. The van der Waals surface area contributed by atoms with Crippen LogP contribution in [0.2, 0.25) is 0 Å². The minimum Gasteiger partial charge on any atom is -0.394 e. The predicted molar refractivity (Wildman–Crippen MR) is 152 cm³/mol. The second-order valence-electron chi connectivity index (χ2n) is 10.6. The van der Waals surface area contributed by atoms with Gasteiger partial charge in [-0.2, -0.15) is 4.58 Å². The van der Waals surface area contributed by atoms with E-state index in [1.54, 1.807) is 0 Å². The topological polar surface area (TPSA) is 44.9 Å². The van der Waals surface area contributed by atoms with Gasteiger partial charge in [-0.25, -0.2) is 0 Å². The van der Waals surface area contributed by atoms with E-state index in [4.69, 9.17) is 14.6 Å². The van der Waals surface area contributed by atoms with Crippen LogP contribution >= 0.6 is 0 Å². The Balaban J connectivity index is 1.48. The molecule has 0 aromatic heterocycles. The molecule has 37 heavy (non-hydrogen) atoms. The number of rotatable bonds is 11. The zero-order chi connectivity index (χ0) is 26.5. The summed E-state index contributed by atoms with van der Waals surface area (Å²) >= 11 is 0. The zero-order valence-corrected chi connectivity index (χ0v) is 22.9. The number of ether oxygens (including phenoxy) is 2.